The lowest BCUT2D eigenvalue weighted by atomic mass is 10.0. The summed E-state index contributed by atoms with van der Waals surface area (Å²) < 4.78 is 9.97. The van der Waals surface area contributed by atoms with Crippen LogP contribution in [0.15, 0.2) is 0 Å². The van der Waals surface area contributed by atoms with Gasteiger partial charge in [-0.25, -0.2) is 0 Å². The Morgan fingerprint density at radius 1 is 1.58 bits per heavy atom. The number of epoxide rings is 1. The van der Waals surface area contributed by atoms with Crippen molar-refractivity contribution < 1.29 is 14.3 Å². The Hall–Kier alpha value is -0.570. The van der Waals surface area contributed by atoms with Gasteiger partial charge in [-0.15, -0.1) is 0 Å². The van der Waals surface area contributed by atoms with Crippen molar-refractivity contribution in [3.8, 4) is 0 Å². The Labute approximate surface area is 73.0 Å². The van der Waals surface area contributed by atoms with Crippen molar-refractivity contribution in [3.05, 3.63) is 0 Å². The van der Waals surface area contributed by atoms with E-state index in [4.69, 9.17) is 9.47 Å². The van der Waals surface area contributed by atoms with Gasteiger partial charge in [-0.2, -0.15) is 0 Å². The normalized spacial score (nSPS) is 21.1. The van der Waals surface area contributed by atoms with E-state index in [0.29, 0.717) is 6.61 Å². The fourth-order valence-electron chi connectivity index (χ4n) is 1.08. The molecule has 0 amide bonds. The minimum atomic E-state index is -0.0736. The third kappa shape index (κ3) is 2.81. The summed E-state index contributed by atoms with van der Waals surface area (Å²) in [7, 11) is 0. The lowest BCUT2D eigenvalue weighted by Crippen LogP contribution is -2.18. The molecule has 1 heterocycles. The first-order valence-corrected chi connectivity index (χ1v) is 4.56. The van der Waals surface area contributed by atoms with Crippen LogP contribution in [-0.2, 0) is 14.3 Å². The van der Waals surface area contributed by atoms with E-state index < -0.39 is 0 Å². The minimum absolute atomic E-state index is 0.0729. The molecule has 0 spiro atoms. The summed E-state index contributed by atoms with van der Waals surface area (Å²) in [5.41, 5.74) is 0. The van der Waals surface area contributed by atoms with Crippen molar-refractivity contribution in [1.29, 1.82) is 0 Å². The van der Waals surface area contributed by atoms with Crippen molar-refractivity contribution >= 4 is 5.97 Å². The van der Waals surface area contributed by atoms with Gasteiger partial charge in [0.1, 0.15) is 12.7 Å². The van der Waals surface area contributed by atoms with E-state index in [9.17, 15) is 4.79 Å². The maximum absolute atomic E-state index is 11.3. The Balaban J connectivity index is 2.15. The van der Waals surface area contributed by atoms with Gasteiger partial charge in [0, 0.05) is 0 Å². The third-order valence-corrected chi connectivity index (χ3v) is 2.13. The highest BCUT2D eigenvalue weighted by Crippen LogP contribution is 2.13. The Bertz CT molecular complexity index is 148. The second-order valence-electron chi connectivity index (χ2n) is 3.10. The number of esters is 1. The van der Waals surface area contributed by atoms with Crippen LogP contribution >= 0.6 is 0 Å². The molecule has 70 valence electrons. The highest BCUT2D eigenvalue weighted by atomic mass is 16.6. The lowest BCUT2D eigenvalue weighted by Gasteiger charge is -2.10. The van der Waals surface area contributed by atoms with Gasteiger partial charge in [0.25, 0.3) is 0 Å². The second kappa shape index (κ2) is 4.45. The fourth-order valence-corrected chi connectivity index (χ4v) is 1.08. The number of ether oxygens (including phenoxy) is 2. The largest absolute Gasteiger partial charge is 0.463 e. The van der Waals surface area contributed by atoms with Crippen LogP contribution in [0.2, 0.25) is 0 Å². The minimum Gasteiger partial charge on any atom is -0.463 e. The standard InChI is InChI=1S/C9H16O3/c1-3-7(4-2)9(10)12-6-8-5-11-8/h7-8H,3-6H2,1-2H3. The number of hydrogen-bond donors (Lipinski definition) is 0. The number of carbonyl (C=O) groups excluding carboxylic acids is 1. The molecule has 1 aliphatic heterocycles. The molecule has 1 unspecified atom stereocenters. The van der Waals surface area contributed by atoms with Crippen LogP contribution in [-0.4, -0.2) is 25.3 Å². The maximum atomic E-state index is 11.3. The van der Waals surface area contributed by atoms with Crippen LogP contribution in [0.25, 0.3) is 0 Å². The molecule has 0 N–H and O–H groups in total. The molecule has 1 rings (SSSR count). The quantitative estimate of drug-likeness (QED) is 0.464. The SMILES string of the molecule is CCC(CC)C(=O)OCC1CO1. The number of rotatable bonds is 5. The van der Waals surface area contributed by atoms with Crippen LogP contribution in [0.4, 0.5) is 0 Å². The molecule has 1 fully saturated rings. The summed E-state index contributed by atoms with van der Waals surface area (Å²) in [6.45, 7) is 5.19. The van der Waals surface area contributed by atoms with Gasteiger partial charge in [0.05, 0.1) is 12.5 Å². The predicted octanol–water partition coefficient (Wildman–Crippen LogP) is 1.36. The molecule has 0 radical (unpaired) electrons. The van der Waals surface area contributed by atoms with Crippen molar-refractivity contribution in [2.45, 2.75) is 32.8 Å². The van der Waals surface area contributed by atoms with Crippen LogP contribution in [0.1, 0.15) is 26.7 Å². The molecule has 3 heteroatoms. The number of carbonyl (C=O) groups is 1. The first-order chi connectivity index (χ1) is 5.77. The van der Waals surface area contributed by atoms with E-state index >= 15 is 0 Å². The molecule has 0 saturated carbocycles. The van der Waals surface area contributed by atoms with Crippen LogP contribution in [0.3, 0.4) is 0 Å². The molecule has 1 saturated heterocycles. The Kier molecular flexibility index (Phi) is 3.53. The Morgan fingerprint density at radius 2 is 2.17 bits per heavy atom. The van der Waals surface area contributed by atoms with Gasteiger partial charge >= 0.3 is 5.97 Å². The molecule has 0 aliphatic carbocycles. The number of hydrogen-bond acceptors (Lipinski definition) is 3. The topological polar surface area (TPSA) is 38.8 Å². The summed E-state index contributed by atoms with van der Waals surface area (Å²) >= 11 is 0. The fraction of sp³-hybridized carbons (Fsp3) is 0.889. The molecule has 1 aliphatic rings. The van der Waals surface area contributed by atoms with Gasteiger partial charge < -0.3 is 9.47 Å². The van der Waals surface area contributed by atoms with Crippen molar-refractivity contribution in [2.75, 3.05) is 13.2 Å². The molecule has 0 bridgehead atoms. The molecular weight excluding hydrogens is 156 g/mol. The Morgan fingerprint density at radius 3 is 2.58 bits per heavy atom. The highest BCUT2D eigenvalue weighted by Gasteiger charge is 2.25. The van der Waals surface area contributed by atoms with Gasteiger partial charge in [0.2, 0.25) is 0 Å². The van der Waals surface area contributed by atoms with Crippen molar-refractivity contribution in [3.63, 3.8) is 0 Å². The molecule has 0 aromatic heterocycles. The second-order valence-corrected chi connectivity index (χ2v) is 3.10. The molecule has 12 heavy (non-hydrogen) atoms. The van der Waals surface area contributed by atoms with E-state index in [1.165, 1.54) is 0 Å². The summed E-state index contributed by atoms with van der Waals surface area (Å²) in [5.74, 6) is -0.000694. The van der Waals surface area contributed by atoms with Crippen LogP contribution < -0.4 is 0 Å². The third-order valence-electron chi connectivity index (χ3n) is 2.13. The first-order valence-electron chi connectivity index (χ1n) is 4.56. The summed E-state index contributed by atoms with van der Waals surface area (Å²) in [4.78, 5) is 11.3. The van der Waals surface area contributed by atoms with E-state index in [0.717, 1.165) is 19.4 Å². The maximum Gasteiger partial charge on any atom is 0.309 e. The zero-order valence-corrected chi connectivity index (χ0v) is 7.71. The van der Waals surface area contributed by atoms with Crippen molar-refractivity contribution in [1.82, 2.24) is 0 Å². The molecule has 1 atom stereocenters. The molecule has 0 aromatic rings. The average Bonchev–Trinajstić information content (AvgIpc) is 2.86. The van der Waals surface area contributed by atoms with E-state index in [1.807, 2.05) is 13.8 Å². The van der Waals surface area contributed by atoms with E-state index in [-0.39, 0.29) is 18.0 Å². The summed E-state index contributed by atoms with van der Waals surface area (Å²) in [6.07, 6.45) is 1.91. The lowest BCUT2D eigenvalue weighted by molar-refractivity contribution is -0.149. The van der Waals surface area contributed by atoms with Gasteiger partial charge in [0.15, 0.2) is 0 Å². The summed E-state index contributed by atoms with van der Waals surface area (Å²) in [5, 5.41) is 0. The average molecular weight is 172 g/mol. The highest BCUT2D eigenvalue weighted by molar-refractivity contribution is 5.72. The smallest absolute Gasteiger partial charge is 0.309 e. The predicted molar refractivity (Wildman–Crippen MR) is 44.8 cm³/mol. The molecule has 0 aromatic carbocycles. The van der Waals surface area contributed by atoms with Crippen LogP contribution in [0.5, 0.6) is 0 Å². The van der Waals surface area contributed by atoms with Gasteiger partial charge in [-0.3, -0.25) is 4.79 Å². The van der Waals surface area contributed by atoms with E-state index in [1.54, 1.807) is 0 Å². The van der Waals surface area contributed by atoms with Gasteiger partial charge in [-0.05, 0) is 12.8 Å². The molecular formula is C9H16O3. The monoisotopic (exact) mass is 172 g/mol. The molecule has 3 nitrogen and oxygen atoms in total. The van der Waals surface area contributed by atoms with Gasteiger partial charge in [-0.1, -0.05) is 13.8 Å². The van der Waals surface area contributed by atoms with E-state index in [2.05, 4.69) is 0 Å². The first kappa shape index (κ1) is 9.52. The van der Waals surface area contributed by atoms with Crippen LogP contribution in [0, 0.1) is 5.92 Å². The zero-order valence-electron chi connectivity index (χ0n) is 7.71. The van der Waals surface area contributed by atoms with Crippen molar-refractivity contribution in [2.24, 2.45) is 5.92 Å². The zero-order chi connectivity index (χ0) is 8.97. The summed E-state index contributed by atoms with van der Waals surface area (Å²) in [6, 6.07) is 0.